The van der Waals surface area contributed by atoms with Crippen molar-refractivity contribution in [3.63, 3.8) is 0 Å². The van der Waals surface area contributed by atoms with E-state index in [-0.39, 0.29) is 53.5 Å². The Kier molecular flexibility index (Phi) is 20.7. The SMILES string of the molecule is CC.O=C(NC(Cc1cc[c-]cc1)C(=O)O)c1ccccc1.[B].[CH2-]C.[Y]. The molecule has 0 aliphatic carbocycles. The molecule has 1 atom stereocenters. The molecule has 2 N–H and O–H groups in total. The van der Waals surface area contributed by atoms with E-state index in [0.29, 0.717) is 5.56 Å². The maximum atomic E-state index is 12.0. The van der Waals surface area contributed by atoms with Crippen LogP contribution in [0.3, 0.4) is 0 Å². The summed E-state index contributed by atoms with van der Waals surface area (Å²) in [4.78, 5) is 23.2. The maximum absolute atomic E-state index is 12.0. The van der Waals surface area contributed by atoms with Crippen molar-refractivity contribution in [1.82, 2.24) is 5.32 Å². The number of rotatable bonds is 5. The van der Waals surface area contributed by atoms with Crippen molar-refractivity contribution in [2.24, 2.45) is 0 Å². The van der Waals surface area contributed by atoms with Crippen molar-refractivity contribution in [2.45, 2.75) is 33.2 Å². The van der Waals surface area contributed by atoms with Crippen molar-refractivity contribution in [2.75, 3.05) is 0 Å². The summed E-state index contributed by atoms with van der Waals surface area (Å²) in [7, 11) is 0. The molecular formula is C20H25BNO3Y-2. The molecule has 0 heterocycles. The van der Waals surface area contributed by atoms with E-state index in [1.807, 2.05) is 13.8 Å². The average Bonchev–Trinajstić information content (AvgIpc) is 2.66. The molecule has 0 aliphatic heterocycles. The first-order chi connectivity index (χ1) is 11.7. The smallest absolute Gasteiger partial charge is 0.326 e. The number of nitrogens with one attached hydrogen (secondary N) is 1. The van der Waals surface area contributed by atoms with Crippen LogP contribution >= 0.6 is 0 Å². The largest absolute Gasteiger partial charge is 0.480 e. The summed E-state index contributed by atoms with van der Waals surface area (Å²) in [6.07, 6.45) is 0.239. The van der Waals surface area contributed by atoms with Gasteiger partial charge >= 0.3 is 5.97 Å². The molecule has 2 aromatic rings. The van der Waals surface area contributed by atoms with Gasteiger partial charge in [0.15, 0.2) is 0 Å². The minimum Gasteiger partial charge on any atom is -0.480 e. The molecule has 6 heteroatoms. The zero-order valence-electron chi connectivity index (χ0n) is 15.6. The fraction of sp³-hybridized carbons (Fsp3) is 0.250. The van der Waals surface area contributed by atoms with Crippen LogP contribution in [0.1, 0.15) is 36.7 Å². The molecule has 0 fully saturated rings. The van der Waals surface area contributed by atoms with E-state index in [1.165, 1.54) is 0 Å². The molecule has 0 saturated heterocycles. The van der Waals surface area contributed by atoms with Crippen molar-refractivity contribution in [3.8, 4) is 0 Å². The number of aliphatic carboxylic acids is 1. The van der Waals surface area contributed by atoms with Crippen LogP contribution in [0.2, 0.25) is 0 Å². The molecule has 26 heavy (non-hydrogen) atoms. The van der Waals surface area contributed by atoms with Crippen molar-refractivity contribution in [3.05, 3.63) is 78.7 Å². The first-order valence-corrected chi connectivity index (χ1v) is 7.91. The quantitative estimate of drug-likeness (QED) is 0.568. The number of carbonyl (C=O) groups is 2. The summed E-state index contributed by atoms with van der Waals surface area (Å²) in [5.41, 5.74) is 1.28. The van der Waals surface area contributed by atoms with Crippen LogP contribution < -0.4 is 5.32 Å². The molecule has 136 valence electrons. The Morgan fingerprint density at radius 2 is 1.58 bits per heavy atom. The molecule has 1 unspecified atom stereocenters. The number of amides is 1. The van der Waals surface area contributed by atoms with Gasteiger partial charge in [0.25, 0.3) is 5.91 Å². The fourth-order valence-electron chi connectivity index (χ4n) is 1.82. The van der Waals surface area contributed by atoms with Gasteiger partial charge in [-0.15, -0.1) is 0 Å². The third kappa shape index (κ3) is 11.2. The molecule has 0 saturated carbocycles. The molecule has 0 spiro atoms. The Bertz CT molecular complexity index is 595. The Balaban J connectivity index is -0.000000824. The summed E-state index contributed by atoms with van der Waals surface area (Å²) in [6, 6.07) is 17.5. The van der Waals surface area contributed by atoms with Gasteiger partial charge in [-0.05, 0) is 18.6 Å². The second-order valence-electron chi connectivity index (χ2n) is 4.34. The summed E-state index contributed by atoms with van der Waals surface area (Å²) >= 11 is 0. The molecule has 4 radical (unpaired) electrons. The van der Waals surface area contributed by atoms with E-state index < -0.39 is 12.0 Å². The summed E-state index contributed by atoms with van der Waals surface area (Å²) in [5.74, 6) is -1.44. The van der Waals surface area contributed by atoms with E-state index in [4.69, 9.17) is 0 Å². The molecule has 1 amide bonds. The Morgan fingerprint density at radius 1 is 1.08 bits per heavy atom. The van der Waals surface area contributed by atoms with Gasteiger partial charge < -0.3 is 17.3 Å². The van der Waals surface area contributed by atoms with Crippen LogP contribution in [0.15, 0.2) is 54.6 Å². The van der Waals surface area contributed by atoms with Crippen molar-refractivity contribution >= 4 is 20.3 Å². The van der Waals surface area contributed by atoms with Gasteiger partial charge in [-0.1, -0.05) is 32.0 Å². The van der Waals surface area contributed by atoms with Gasteiger partial charge in [0.05, 0.1) is 0 Å². The van der Waals surface area contributed by atoms with Gasteiger partial charge in [0.1, 0.15) is 6.04 Å². The average molecular weight is 427 g/mol. The van der Waals surface area contributed by atoms with Gasteiger partial charge in [-0.25, -0.2) is 4.79 Å². The summed E-state index contributed by atoms with van der Waals surface area (Å²) < 4.78 is 0. The predicted octanol–water partition coefficient (Wildman–Crippen LogP) is 3.40. The summed E-state index contributed by atoms with van der Waals surface area (Å²) in [6.45, 7) is 9.00. The number of benzene rings is 2. The van der Waals surface area contributed by atoms with Gasteiger partial charge in [-0.2, -0.15) is 42.8 Å². The van der Waals surface area contributed by atoms with Crippen LogP contribution in [-0.4, -0.2) is 31.4 Å². The monoisotopic (exact) mass is 427 g/mol. The fourth-order valence-corrected chi connectivity index (χ4v) is 1.82. The van der Waals surface area contributed by atoms with Crippen LogP contribution in [0.25, 0.3) is 0 Å². The number of hydrogen-bond donors (Lipinski definition) is 2. The predicted molar refractivity (Wildman–Crippen MR) is 102 cm³/mol. The molecule has 0 aromatic heterocycles. The van der Waals surface area contributed by atoms with Crippen LogP contribution in [-0.2, 0) is 43.9 Å². The van der Waals surface area contributed by atoms with Crippen molar-refractivity contribution in [1.29, 1.82) is 0 Å². The summed E-state index contributed by atoms with van der Waals surface area (Å²) in [5, 5.41) is 11.7. The molecule has 4 nitrogen and oxygen atoms in total. The number of carboxylic acids is 1. The van der Waals surface area contributed by atoms with Crippen LogP contribution in [0.4, 0.5) is 0 Å². The third-order valence-electron chi connectivity index (χ3n) is 2.87. The van der Waals surface area contributed by atoms with Crippen LogP contribution in [0.5, 0.6) is 0 Å². The Hall–Kier alpha value is -1.45. The first kappa shape index (κ1) is 29.3. The van der Waals surface area contributed by atoms with Gasteiger partial charge in [0.2, 0.25) is 0 Å². The Morgan fingerprint density at radius 3 is 2.04 bits per heavy atom. The minimum atomic E-state index is -1.05. The maximum Gasteiger partial charge on any atom is 0.326 e. The van der Waals surface area contributed by atoms with E-state index >= 15 is 0 Å². The molecule has 2 aromatic carbocycles. The Labute approximate surface area is 184 Å². The molecular weight excluding hydrogens is 402 g/mol. The van der Waals surface area contributed by atoms with E-state index in [0.717, 1.165) is 5.56 Å². The topological polar surface area (TPSA) is 66.4 Å². The second kappa shape index (κ2) is 18.3. The van der Waals surface area contributed by atoms with Gasteiger partial charge in [-0.3, -0.25) is 4.79 Å². The van der Waals surface area contributed by atoms with Crippen LogP contribution in [0, 0.1) is 13.0 Å². The number of carboxylic acid groups (broad SMARTS) is 1. The number of carbonyl (C=O) groups excluding carboxylic acids is 1. The van der Waals surface area contributed by atoms with E-state index in [9.17, 15) is 14.7 Å². The van der Waals surface area contributed by atoms with E-state index in [2.05, 4.69) is 18.3 Å². The minimum absolute atomic E-state index is 0. The second-order valence-corrected chi connectivity index (χ2v) is 4.34. The zero-order chi connectivity index (χ0) is 18.4. The number of hydrogen-bond acceptors (Lipinski definition) is 2. The van der Waals surface area contributed by atoms with E-state index in [1.54, 1.807) is 61.5 Å². The first-order valence-electron chi connectivity index (χ1n) is 7.91. The van der Waals surface area contributed by atoms with Gasteiger partial charge in [0, 0.05) is 46.7 Å². The third-order valence-corrected chi connectivity index (χ3v) is 2.87. The molecule has 0 aliphatic rings. The normalized spacial score (nSPS) is 9.38. The van der Waals surface area contributed by atoms with Crippen molar-refractivity contribution < 1.29 is 47.4 Å². The zero-order valence-corrected chi connectivity index (χ0v) is 18.4. The standard InChI is InChI=1S/C16H14NO3.C2H6.C2H5.B.Y/c18-15(13-9-5-2-6-10-13)17-14(16(19)20)11-12-7-3-1-4-8-12;2*1-2;;/h2-10,14H,11H2,(H,17,18)(H,19,20);1-2H3;1H2,2H3;;/q-1;;-1;;. The molecule has 2 rings (SSSR count). The molecule has 0 bridgehead atoms.